The van der Waals surface area contributed by atoms with E-state index in [1.165, 1.54) is 12.4 Å². The molecule has 0 aromatic carbocycles. The van der Waals surface area contributed by atoms with Gasteiger partial charge < -0.3 is 5.73 Å². The van der Waals surface area contributed by atoms with Gasteiger partial charge in [0.2, 0.25) is 5.69 Å². The van der Waals surface area contributed by atoms with Gasteiger partial charge in [-0.3, -0.25) is 9.97 Å². The van der Waals surface area contributed by atoms with E-state index in [9.17, 15) is 0 Å². The van der Waals surface area contributed by atoms with Crippen molar-refractivity contribution in [3.8, 4) is 0 Å². The van der Waals surface area contributed by atoms with Gasteiger partial charge in [0.1, 0.15) is 5.82 Å². The Labute approximate surface area is 58.5 Å². The van der Waals surface area contributed by atoms with Crippen LogP contribution in [-0.4, -0.2) is 9.97 Å². The van der Waals surface area contributed by atoms with Crippen LogP contribution >= 0.6 is 0 Å². The van der Waals surface area contributed by atoms with Crippen LogP contribution in [0.4, 0.5) is 5.69 Å². The highest BCUT2D eigenvalue weighted by atomic mass is 14.9. The van der Waals surface area contributed by atoms with Gasteiger partial charge in [0.25, 0.3) is 0 Å². The predicted octanol–water partition coefficient (Wildman–Crippen LogP) is 0.486. The number of hydrogen-bond donors (Lipinski definition) is 1. The average molecular weight is 134 g/mol. The molecule has 1 rings (SSSR count). The highest BCUT2D eigenvalue weighted by Crippen LogP contribution is 2.05. The Morgan fingerprint density at radius 3 is 2.50 bits per heavy atom. The van der Waals surface area contributed by atoms with Gasteiger partial charge in [-0.05, 0) is 0 Å². The third kappa shape index (κ3) is 1.27. The summed E-state index contributed by atoms with van der Waals surface area (Å²) in [4.78, 5) is 10.8. The molecule has 1 heterocycles. The van der Waals surface area contributed by atoms with Gasteiger partial charge in [-0.2, -0.15) is 0 Å². The normalized spacial score (nSPS) is 8.80. The molecule has 0 unspecified atom stereocenters. The largest absolute Gasteiger partial charge is 0.324 e. The van der Waals surface area contributed by atoms with Crippen molar-refractivity contribution in [2.45, 2.75) is 6.54 Å². The average Bonchev–Trinajstić information content (AvgIpc) is 2.05. The molecular formula is C6H6N4. The second-order valence-electron chi connectivity index (χ2n) is 1.67. The summed E-state index contributed by atoms with van der Waals surface area (Å²) in [6, 6.07) is 0. The Balaban J connectivity index is 2.93. The number of nitrogens with zero attached hydrogens (tertiary/aromatic N) is 3. The number of aromatic nitrogens is 2. The minimum Gasteiger partial charge on any atom is -0.324 e. The van der Waals surface area contributed by atoms with Crippen molar-refractivity contribution in [1.82, 2.24) is 9.97 Å². The van der Waals surface area contributed by atoms with Gasteiger partial charge in [0, 0.05) is 12.4 Å². The molecule has 0 fully saturated rings. The van der Waals surface area contributed by atoms with Crippen LogP contribution in [0.5, 0.6) is 0 Å². The molecule has 0 aliphatic carbocycles. The smallest absolute Gasteiger partial charge is 0.222 e. The van der Waals surface area contributed by atoms with Crippen LogP contribution in [0.25, 0.3) is 4.85 Å². The molecule has 0 radical (unpaired) electrons. The Kier molecular flexibility index (Phi) is 1.92. The van der Waals surface area contributed by atoms with Crippen LogP contribution in [0.15, 0.2) is 12.4 Å². The van der Waals surface area contributed by atoms with Crippen molar-refractivity contribution in [3.63, 3.8) is 0 Å². The van der Waals surface area contributed by atoms with Crippen LogP contribution in [0.3, 0.4) is 0 Å². The fourth-order valence-electron chi connectivity index (χ4n) is 0.511. The second-order valence-corrected chi connectivity index (χ2v) is 1.67. The minimum atomic E-state index is 0.318. The van der Waals surface area contributed by atoms with E-state index in [-0.39, 0.29) is 0 Å². The van der Waals surface area contributed by atoms with E-state index in [4.69, 9.17) is 12.3 Å². The fraction of sp³-hybridized carbons (Fsp3) is 0.167. The van der Waals surface area contributed by atoms with Gasteiger partial charge in [-0.1, -0.05) is 0 Å². The first-order valence-corrected chi connectivity index (χ1v) is 2.75. The van der Waals surface area contributed by atoms with Crippen LogP contribution in [-0.2, 0) is 6.54 Å². The summed E-state index contributed by atoms with van der Waals surface area (Å²) >= 11 is 0. The molecule has 1 aromatic heterocycles. The third-order valence-electron chi connectivity index (χ3n) is 1.00. The Hall–Kier alpha value is -1.47. The summed E-state index contributed by atoms with van der Waals surface area (Å²) in [6.07, 6.45) is 2.92. The molecule has 4 nitrogen and oxygen atoms in total. The molecule has 0 saturated heterocycles. The summed E-state index contributed by atoms with van der Waals surface area (Å²) in [5.74, 6) is 0.562. The van der Waals surface area contributed by atoms with Gasteiger partial charge in [0.15, 0.2) is 0 Å². The standard InChI is InChI=1S/C6H6N4/c1-8-5-3-9-6(2-7)10-4-5/h3-4H,2,7H2. The zero-order valence-corrected chi connectivity index (χ0v) is 5.28. The van der Waals surface area contributed by atoms with E-state index in [1.807, 2.05) is 0 Å². The van der Waals surface area contributed by atoms with Crippen LogP contribution in [0, 0.1) is 6.57 Å². The van der Waals surface area contributed by atoms with Crippen LogP contribution in [0.1, 0.15) is 5.82 Å². The van der Waals surface area contributed by atoms with Crippen molar-refractivity contribution in [2.75, 3.05) is 0 Å². The summed E-state index contributed by atoms with van der Waals surface area (Å²) in [6.45, 7) is 6.90. The molecule has 0 aliphatic rings. The maximum Gasteiger partial charge on any atom is 0.222 e. The molecule has 0 atom stereocenters. The quantitative estimate of drug-likeness (QED) is 0.568. The Morgan fingerprint density at radius 1 is 1.50 bits per heavy atom. The molecule has 0 bridgehead atoms. The van der Waals surface area contributed by atoms with E-state index >= 15 is 0 Å². The van der Waals surface area contributed by atoms with Gasteiger partial charge in [-0.25, -0.2) is 4.85 Å². The van der Waals surface area contributed by atoms with E-state index in [0.29, 0.717) is 18.1 Å². The maximum atomic E-state index is 6.59. The molecule has 0 amide bonds. The number of nitrogens with two attached hydrogens (primary N) is 1. The maximum absolute atomic E-state index is 6.59. The summed E-state index contributed by atoms with van der Waals surface area (Å²) in [7, 11) is 0. The lowest BCUT2D eigenvalue weighted by molar-refractivity contribution is 0.912. The SMILES string of the molecule is [C-]#[N+]c1cnc(CN)nc1. The molecular weight excluding hydrogens is 128 g/mol. The summed E-state index contributed by atoms with van der Waals surface area (Å²) < 4.78 is 0. The third-order valence-corrected chi connectivity index (χ3v) is 1.00. The summed E-state index contributed by atoms with van der Waals surface area (Å²) in [5.41, 5.74) is 5.68. The molecule has 50 valence electrons. The van der Waals surface area contributed by atoms with E-state index in [0.717, 1.165) is 0 Å². The molecule has 4 heteroatoms. The first-order valence-electron chi connectivity index (χ1n) is 2.75. The first-order chi connectivity index (χ1) is 4.86. The fourth-order valence-corrected chi connectivity index (χ4v) is 0.511. The van der Waals surface area contributed by atoms with Crippen molar-refractivity contribution < 1.29 is 0 Å². The molecule has 0 aliphatic heterocycles. The van der Waals surface area contributed by atoms with Crippen molar-refractivity contribution >= 4 is 5.69 Å². The number of hydrogen-bond acceptors (Lipinski definition) is 3. The van der Waals surface area contributed by atoms with E-state index in [1.54, 1.807) is 0 Å². The topological polar surface area (TPSA) is 56.2 Å². The van der Waals surface area contributed by atoms with E-state index < -0.39 is 0 Å². The molecule has 1 aromatic rings. The Morgan fingerprint density at radius 2 is 2.10 bits per heavy atom. The molecule has 2 N–H and O–H groups in total. The minimum absolute atomic E-state index is 0.318. The predicted molar refractivity (Wildman–Crippen MR) is 36.2 cm³/mol. The lowest BCUT2D eigenvalue weighted by Gasteiger charge is -1.91. The van der Waals surface area contributed by atoms with Gasteiger partial charge in [0.05, 0.1) is 13.1 Å². The van der Waals surface area contributed by atoms with Crippen molar-refractivity contribution in [3.05, 3.63) is 29.6 Å². The molecule has 10 heavy (non-hydrogen) atoms. The zero-order valence-electron chi connectivity index (χ0n) is 5.28. The van der Waals surface area contributed by atoms with Crippen molar-refractivity contribution in [1.29, 1.82) is 0 Å². The van der Waals surface area contributed by atoms with Crippen LogP contribution in [0.2, 0.25) is 0 Å². The van der Waals surface area contributed by atoms with Crippen LogP contribution < -0.4 is 5.73 Å². The number of rotatable bonds is 1. The molecule has 0 spiro atoms. The first kappa shape index (κ1) is 6.65. The van der Waals surface area contributed by atoms with Crippen molar-refractivity contribution in [2.24, 2.45) is 5.73 Å². The highest BCUT2D eigenvalue weighted by molar-refractivity contribution is 5.38. The monoisotopic (exact) mass is 134 g/mol. The Bertz CT molecular complexity index is 245. The lowest BCUT2D eigenvalue weighted by Crippen LogP contribution is -2.00. The van der Waals surface area contributed by atoms with Gasteiger partial charge in [-0.15, -0.1) is 0 Å². The van der Waals surface area contributed by atoms with E-state index in [2.05, 4.69) is 14.8 Å². The summed E-state index contributed by atoms with van der Waals surface area (Å²) in [5, 5.41) is 0. The zero-order chi connectivity index (χ0) is 7.40. The highest BCUT2D eigenvalue weighted by Gasteiger charge is 1.91. The molecule has 0 saturated carbocycles. The second kappa shape index (κ2) is 2.90. The lowest BCUT2D eigenvalue weighted by atomic mass is 10.5. The van der Waals surface area contributed by atoms with Gasteiger partial charge >= 0.3 is 0 Å².